The molecule has 0 saturated heterocycles. The third-order valence-corrected chi connectivity index (χ3v) is 2.51. The second kappa shape index (κ2) is 3.40. The lowest BCUT2D eigenvalue weighted by atomic mass is 10.1. The Morgan fingerprint density at radius 3 is 2.86 bits per heavy atom. The van der Waals surface area contributed by atoms with Crippen LogP contribution in [-0.2, 0) is 6.42 Å². The van der Waals surface area contributed by atoms with E-state index in [1.807, 2.05) is 6.20 Å². The Hall–Kier alpha value is -1.38. The maximum absolute atomic E-state index is 4.44. The van der Waals surface area contributed by atoms with Gasteiger partial charge in [0.2, 0.25) is 0 Å². The smallest absolute Gasteiger partial charge is 0.111 e. The van der Waals surface area contributed by atoms with Gasteiger partial charge < -0.3 is 0 Å². The highest BCUT2D eigenvalue weighted by Crippen LogP contribution is 2.19. The van der Waals surface area contributed by atoms with Crippen LogP contribution in [0.5, 0.6) is 0 Å². The van der Waals surface area contributed by atoms with E-state index in [1.54, 1.807) is 0 Å². The molecule has 2 heterocycles. The minimum absolute atomic E-state index is 0.508. The van der Waals surface area contributed by atoms with E-state index in [9.17, 15) is 0 Å². The molecule has 0 aliphatic carbocycles. The van der Waals surface area contributed by atoms with Crippen LogP contribution in [0.15, 0.2) is 12.3 Å². The first-order valence-corrected chi connectivity index (χ1v) is 5.05. The fourth-order valence-electron chi connectivity index (χ4n) is 1.53. The molecule has 2 rings (SSSR count). The second-order valence-electron chi connectivity index (χ2n) is 3.85. The third kappa shape index (κ3) is 1.39. The van der Waals surface area contributed by atoms with Gasteiger partial charge >= 0.3 is 0 Å². The Bertz CT molecular complexity index is 443. The average molecular weight is 189 g/mol. The number of aromatic nitrogens is 3. The Morgan fingerprint density at radius 1 is 1.43 bits per heavy atom. The molecule has 74 valence electrons. The molecule has 3 nitrogen and oxygen atoms in total. The average Bonchev–Trinajstić information content (AvgIpc) is 2.59. The number of nitrogens with one attached hydrogen (secondary N) is 1. The van der Waals surface area contributed by atoms with Gasteiger partial charge in [-0.3, -0.25) is 10.1 Å². The Morgan fingerprint density at radius 2 is 2.21 bits per heavy atom. The van der Waals surface area contributed by atoms with Crippen LogP contribution in [0.2, 0.25) is 0 Å². The van der Waals surface area contributed by atoms with Gasteiger partial charge in [-0.2, -0.15) is 5.10 Å². The van der Waals surface area contributed by atoms with Crippen molar-refractivity contribution in [3.8, 4) is 0 Å². The maximum Gasteiger partial charge on any atom is 0.111 e. The van der Waals surface area contributed by atoms with Gasteiger partial charge in [0.15, 0.2) is 0 Å². The molecule has 0 bridgehead atoms. The molecule has 0 radical (unpaired) electrons. The van der Waals surface area contributed by atoms with E-state index < -0.39 is 0 Å². The van der Waals surface area contributed by atoms with E-state index in [4.69, 9.17) is 0 Å². The Kier molecular flexibility index (Phi) is 2.23. The van der Waals surface area contributed by atoms with Crippen molar-refractivity contribution in [2.75, 3.05) is 0 Å². The highest BCUT2D eigenvalue weighted by atomic mass is 15.1. The van der Waals surface area contributed by atoms with Crippen LogP contribution in [-0.4, -0.2) is 15.2 Å². The number of pyridine rings is 1. The Labute approximate surface area is 83.6 Å². The van der Waals surface area contributed by atoms with Crippen LogP contribution >= 0.6 is 0 Å². The number of aryl methyl sites for hydroxylation is 1. The molecular formula is C11H15N3. The van der Waals surface area contributed by atoms with Crippen molar-refractivity contribution in [1.29, 1.82) is 0 Å². The molecule has 0 unspecified atom stereocenters. The van der Waals surface area contributed by atoms with Gasteiger partial charge in [0.1, 0.15) is 11.0 Å². The SMILES string of the molecule is CCc1[nH]nc2cc(C(C)C)cnc12. The summed E-state index contributed by atoms with van der Waals surface area (Å²) in [4.78, 5) is 4.44. The van der Waals surface area contributed by atoms with Gasteiger partial charge in [-0.1, -0.05) is 20.8 Å². The molecule has 2 aromatic rings. The van der Waals surface area contributed by atoms with Crippen LogP contribution in [0, 0.1) is 0 Å². The first-order chi connectivity index (χ1) is 6.72. The van der Waals surface area contributed by atoms with Crippen LogP contribution in [0.4, 0.5) is 0 Å². The van der Waals surface area contributed by atoms with Gasteiger partial charge in [-0.05, 0) is 24.0 Å². The van der Waals surface area contributed by atoms with Gasteiger partial charge in [-0.15, -0.1) is 0 Å². The highest BCUT2D eigenvalue weighted by Gasteiger charge is 2.07. The van der Waals surface area contributed by atoms with E-state index >= 15 is 0 Å². The second-order valence-corrected chi connectivity index (χ2v) is 3.85. The quantitative estimate of drug-likeness (QED) is 0.789. The lowest BCUT2D eigenvalue weighted by Gasteiger charge is -2.03. The van der Waals surface area contributed by atoms with E-state index in [-0.39, 0.29) is 0 Å². The molecule has 1 N–H and O–H groups in total. The molecule has 0 aromatic carbocycles. The largest absolute Gasteiger partial charge is 0.280 e. The molecule has 0 aliphatic rings. The Balaban J connectivity index is 2.57. The minimum Gasteiger partial charge on any atom is -0.280 e. The molecule has 3 heteroatoms. The number of fused-ring (bicyclic) bond motifs is 1. The summed E-state index contributed by atoms with van der Waals surface area (Å²) in [6, 6.07) is 2.11. The monoisotopic (exact) mass is 189 g/mol. The van der Waals surface area contributed by atoms with Crippen molar-refractivity contribution >= 4 is 11.0 Å². The first-order valence-electron chi connectivity index (χ1n) is 5.05. The molecule has 0 amide bonds. The molecule has 0 aliphatic heterocycles. The minimum atomic E-state index is 0.508. The zero-order valence-electron chi connectivity index (χ0n) is 8.83. The zero-order chi connectivity index (χ0) is 10.1. The number of aromatic amines is 1. The van der Waals surface area contributed by atoms with E-state index in [0.717, 1.165) is 23.1 Å². The first kappa shape index (κ1) is 9.19. The van der Waals surface area contributed by atoms with Gasteiger partial charge in [-0.25, -0.2) is 0 Å². The molecule has 0 fully saturated rings. The van der Waals surface area contributed by atoms with Crippen molar-refractivity contribution in [1.82, 2.24) is 15.2 Å². The summed E-state index contributed by atoms with van der Waals surface area (Å²) in [6.45, 7) is 6.43. The summed E-state index contributed by atoms with van der Waals surface area (Å²) in [5.41, 5.74) is 4.35. The topological polar surface area (TPSA) is 41.6 Å². The van der Waals surface area contributed by atoms with Crippen molar-refractivity contribution in [3.63, 3.8) is 0 Å². The summed E-state index contributed by atoms with van der Waals surface area (Å²) in [6.07, 6.45) is 2.90. The van der Waals surface area contributed by atoms with Gasteiger partial charge in [0, 0.05) is 6.20 Å². The predicted molar refractivity (Wildman–Crippen MR) is 57.4 cm³/mol. The van der Waals surface area contributed by atoms with Gasteiger partial charge in [0.05, 0.1) is 5.69 Å². The molecule has 0 saturated carbocycles. The maximum atomic E-state index is 4.44. The number of H-pyrrole nitrogens is 1. The summed E-state index contributed by atoms with van der Waals surface area (Å²) in [5.74, 6) is 0.508. The van der Waals surface area contributed by atoms with Crippen LogP contribution in [0.1, 0.15) is 37.9 Å². The van der Waals surface area contributed by atoms with Gasteiger partial charge in [0.25, 0.3) is 0 Å². The van der Waals surface area contributed by atoms with Crippen LogP contribution < -0.4 is 0 Å². The van der Waals surface area contributed by atoms with Crippen molar-refractivity contribution in [2.45, 2.75) is 33.1 Å². The lowest BCUT2D eigenvalue weighted by molar-refractivity contribution is 0.861. The molecule has 14 heavy (non-hydrogen) atoms. The summed E-state index contributed by atoms with van der Waals surface area (Å²) < 4.78 is 0. The summed E-state index contributed by atoms with van der Waals surface area (Å²) in [7, 11) is 0. The summed E-state index contributed by atoms with van der Waals surface area (Å²) >= 11 is 0. The number of hydrogen-bond acceptors (Lipinski definition) is 2. The summed E-state index contributed by atoms with van der Waals surface area (Å²) in [5, 5.41) is 7.26. The van der Waals surface area contributed by atoms with Crippen LogP contribution in [0.25, 0.3) is 11.0 Å². The molecule has 0 atom stereocenters. The van der Waals surface area contributed by atoms with Crippen molar-refractivity contribution < 1.29 is 0 Å². The van der Waals surface area contributed by atoms with E-state index in [0.29, 0.717) is 5.92 Å². The van der Waals surface area contributed by atoms with Crippen molar-refractivity contribution in [2.24, 2.45) is 0 Å². The number of nitrogens with zero attached hydrogens (tertiary/aromatic N) is 2. The molecule has 2 aromatic heterocycles. The number of hydrogen-bond donors (Lipinski definition) is 1. The van der Waals surface area contributed by atoms with Crippen molar-refractivity contribution in [3.05, 3.63) is 23.5 Å². The fraction of sp³-hybridized carbons (Fsp3) is 0.455. The molecular weight excluding hydrogens is 174 g/mol. The van der Waals surface area contributed by atoms with E-state index in [1.165, 1.54) is 5.56 Å². The standard InChI is InChI=1S/C11H15N3/c1-4-9-11-10(14-13-9)5-8(6-12-11)7(2)3/h5-7H,4H2,1-3H3,(H,13,14). The molecule has 0 spiro atoms. The number of rotatable bonds is 2. The fourth-order valence-corrected chi connectivity index (χ4v) is 1.53. The third-order valence-electron chi connectivity index (χ3n) is 2.51. The lowest BCUT2D eigenvalue weighted by Crippen LogP contribution is -1.89. The van der Waals surface area contributed by atoms with E-state index in [2.05, 4.69) is 42.0 Å². The zero-order valence-corrected chi connectivity index (χ0v) is 8.83. The van der Waals surface area contributed by atoms with Crippen LogP contribution in [0.3, 0.4) is 0 Å². The highest BCUT2D eigenvalue weighted by molar-refractivity contribution is 5.77. The predicted octanol–water partition coefficient (Wildman–Crippen LogP) is 2.64. The normalized spacial score (nSPS) is 11.4.